The molecular weight excluding hydrogens is 564 g/mol. The molecule has 1 spiro atoms. The van der Waals surface area contributed by atoms with Crippen molar-refractivity contribution in [2.75, 3.05) is 31.2 Å². The van der Waals surface area contributed by atoms with Gasteiger partial charge in [0.05, 0.1) is 24.5 Å². The van der Waals surface area contributed by atoms with E-state index in [9.17, 15) is 19.5 Å². The number of unbranched alkanes of at least 4 members (excludes halogenated alkanes) is 2. The highest BCUT2D eigenvalue weighted by molar-refractivity contribution is 9.09. The molecule has 3 saturated heterocycles. The number of carbonyl (C=O) groups excluding carboxylic acids is 3. The van der Waals surface area contributed by atoms with Gasteiger partial charge in [-0.2, -0.15) is 0 Å². The number of likely N-dealkylation sites (tertiary alicyclic amines) is 1. The predicted molar refractivity (Wildman–Crippen MR) is 153 cm³/mol. The summed E-state index contributed by atoms with van der Waals surface area (Å²) < 4.78 is 12.2. The smallest absolute Gasteiger partial charge is 0.312 e. The zero-order valence-corrected chi connectivity index (χ0v) is 24.4. The Kier molecular flexibility index (Phi) is 9.34. The molecule has 2 bridgehead atoms. The lowest BCUT2D eigenvalue weighted by Gasteiger charge is -2.37. The molecule has 4 rings (SSSR count). The molecule has 0 saturated carbocycles. The maximum atomic E-state index is 14.6. The van der Waals surface area contributed by atoms with Crippen LogP contribution in [-0.4, -0.2) is 76.7 Å². The number of alkyl halides is 1. The van der Waals surface area contributed by atoms with E-state index in [0.29, 0.717) is 25.7 Å². The Bertz CT molecular complexity index is 1120. The van der Waals surface area contributed by atoms with Gasteiger partial charge in [-0.15, -0.1) is 13.2 Å². The summed E-state index contributed by atoms with van der Waals surface area (Å²) in [5.41, 5.74) is 1.53. The van der Waals surface area contributed by atoms with E-state index in [1.165, 1.54) is 0 Å². The van der Waals surface area contributed by atoms with Crippen molar-refractivity contribution >= 4 is 39.4 Å². The van der Waals surface area contributed by atoms with Crippen LogP contribution in [0.3, 0.4) is 0 Å². The molecule has 3 unspecified atom stereocenters. The van der Waals surface area contributed by atoms with Gasteiger partial charge in [-0.05, 0) is 63.1 Å². The first kappa shape index (κ1) is 29.5. The van der Waals surface area contributed by atoms with E-state index in [-0.39, 0.29) is 42.9 Å². The van der Waals surface area contributed by atoms with Gasteiger partial charge in [0.15, 0.2) is 0 Å². The molecule has 0 aromatic heterocycles. The van der Waals surface area contributed by atoms with Crippen LogP contribution in [0.25, 0.3) is 0 Å². The Morgan fingerprint density at radius 2 is 2.03 bits per heavy atom. The minimum atomic E-state index is -1.16. The molecule has 0 radical (unpaired) electrons. The Morgan fingerprint density at radius 1 is 1.26 bits per heavy atom. The van der Waals surface area contributed by atoms with Crippen LogP contribution in [0.1, 0.15) is 43.2 Å². The lowest BCUT2D eigenvalue weighted by molar-refractivity contribution is -0.155. The van der Waals surface area contributed by atoms with E-state index in [1.54, 1.807) is 22.0 Å². The quantitative estimate of drug-likeness (QED) is 0.159. The first-order valence-electron chi connectivity index (χ1n) is 13.7. The fourth-order valence-electron chi connectivity index (χ4n) is 6.40. The molecule has 6 atom stereocenters. The number of rotatable bonds is 13. The number of aliphatic hydroxyl groups is 1. The van der Waals surface area contributed by atoms with Gasteiger partial charge in [-0.3, -0.25) is 14.4 Å². The molecule has 3 aliphatic heterocycles. The van der Waals surface area contributed by atoms with Gasteiger partial charge in [-0.1, -0.05) is 40.2 Å². The molecule has 39 heavy (non-hydrogen) atoms. The van der Waals surface area contributed by atoms with Gasteiger partial charge in [0, 0.05) is 30.2 Å². The van der Waals surface area contributed by atoms with Crippen molar-refractivity contribution in [3.8, 4) is 0 Å². The summed E-state index contributed by atoms with van der Waals surface area (Å²) in [5.74, 6) is -2.60. The fourth-order valence-corrected chi connectivity index (χ4v) is 7.35. The number of aliphatic hydroxyl groups excluding tert-OH is 1. The van der Waals surface area contributed by atoms with Crippen molar-refractivity contribution in [1.29, 1.82) is 0 Å². The summed E-state index contributed by atoms with van der Waals surface area (Å²) in [7, 11) is 0. The highest BCUT2D eigenvalue weighted by Crippen LogP contribution is 2.60. The third kappa shape index (κ3) is 5.33. The monoisotopic (exact) mass is 602 g/mol. The second-order valence-electron chi connectivity index (χ2n) is 10.8. The maximum absolute atomic E-state index is 14.6. The predicted octanol–water partition coefficient (Wildman–Crippen LogP) is 3.85. The van der Waals surface area contributed by atoms with Gasteiger partial charge < -0.3 is 24.4 Å². The molecule has 3 fully saturated rings. The summed E-state index contributed by atoms with van der Waals surface area (Å²) in [4.78, 5) is 45.0. The van der Waals surface area contributed by atoms with Crippen molar-refractivity contribution < 1.29 is 29.0 Å². The fraction of sp³-hybridized carbons (Fsp3) is 0.567. The highest BCUT2D eigenvalue weighted by atomic mass is 79.9. The molecule has 3 aliphatic rings. The number of hydrogen-bond donors (Lipinski definition) is 1. The normalized spacial score (nSPS) is 28.9. The lowest BCUT2D eigenvalue weighted by atomic mass is 9.70. The van der Waals surface area contributed by atoms with Crippen LogP contribution in [0.4, 0.5) is 5.69 Å². The van der Waals surface area contributed by atoms with E-state index >= 15 is 0 Å². The largest absolute Gasteiger partial charge is 0.465 e. The third-order valence-electron chi connectivity index (χ3n) is 8.13. The number of fused-ring (bicyclic) bond motifs is 1. The van der Waals surface area contributed by atoms with E-state index in [2.05, 4.69) is 29.1 Å². The molecule has 1 aromatic rings. The SMILES string of the molecule is C=CCCCOC(=O)[C@H]1[C@H]2C(=O)N(CCCCO)C(C(=O)N(CC=C)c3cc(C)ccc3C)C23CC(Br)[C@@H]1O3. The topological polar surface area (TPSA) is 96.4 Å². The number of carbonyl (C=O) groups is 3. The summed E-state index contributed by atoms with van der Waals surface area (Å²) in [6, 6.07) is 5.01. The molecule has 1 aromatic carbocycles. The van der Waals surface area contributed by atoms with Crippen LogP contribution < -0.4 is 4.90 Å². The minimum Gasteiger partial charge on any atom is -0.465 e. The van der Waals surface area contributed by atoms with Crippen LogP contribution >= 0.6 is 15.9 Å². The van der Waals surface area contributed by atoms with Crippen molar-refractivity contribution in [2.24, 2.45) is 11.8 Å². The number of halogens is 1. The summed E-state index contributed by atoms with van der Waals surface area (Å²) in [6.07, 6.45) is 5.69. The molecule has 1 N–H and O–H groups in total. The van der Waals surface area contributed by atoms with E-state index in [0.717, 1.165) is 23.2 Å². The third-order valence-corrected chi connectivity index (χ3v) is 8.98. The van der Waals surface area contributed by atoms with Crippen molar-refractivity contribution in [3.63, 3.8) is 0 Å². The zero-order valence-electron chi connectivity index (χ0n) is 22.8. The number of esters is 1. The summed E-state index contributed by atoms with van der Waals surface area (Å²) >= 11 is 3.69. The zero-order chi connectivity index (χ0) is 28.3. The standard InChI is InChI=1S/C30H39BrN2O6/c1-5-7-10-16-38-29(37)23-24-27(35)33(14-8-9-15-34)26(30(24)18-21(31)25(23)39-30)28(36)32(13-6-2)22-17-19(3)11-12-20(22)4/h5-6,11-12,17,21,23-26,34H,1-2,7-10,13-16,18H2,3-4H3/t21?,23-,24-,25-,26?,30?/m0/s1. The Hall–Kier alpha value is -2.49. The van der Waals surface area contributed by atoms with Crippen molar-refractivity contribution in [2.45, 2.75) is 68.5 Å². The van der Waals surface area contributed by atoms with E-state index in [1.807, 2.05) is 32.0 Å². The molecular formula is C30H39BrN2O6. The van der Waals surface area contributed by atoms with E-state index < -0.39 is 35.6 Å². The molecule has 212 valence electrons. The number of benzene rings is 1. The van der Waals surface area contributed by atoms with Gasteiger partial charge in [0.25, 0.3) is 5.91 Å². The number of hydrogen-bond acceptors (Lipinski definition) is 6. The highest BCUT2D eigenvalue weighted by Gasteiger charge is 2.77. The van der Waals surface area contributed by atoms with Gasteiger partial charge in [0.2, 0.25) is 5.91 Å². The minimum absolute atomic E-state index is 0.0119. The summed E-state index contributed by atoms with van der Waals surface area (Å²) in [6.45, 7) is 12.3. The number of anilines is 1. The average Bonchev–Trinajstić information content (AvgIpc) is 3.50. The lowest BCUT2D eigenvalue weighted by Crippen LogP contribution is -2.57. The Morgan fingerprint density at radius 3 is 2.72 bits per heavy atom. The average molecular weight is 604 g/mol. The van der Waals surface area contributed by atoms with Crippen LogP contribution in [0, 0.1) is 25.7 Å². The first-order valence-corrected chi connectivity index (χ1v) is 14.6. The van der Waals surface area contributed by atoms with Gasteiger partial charge in [0.1, 0.15) is 11.6 Å². The van der Waals surface area contributed by atoms with Crippen LogP contribution in [0.15, 0.2) is 43.5 Å². The molecule has 2 amide bonds. The van der Waals surface area contributed by atoms with Gasteiger partial charge in [-0.25, -0.2) is 0 Å². The molecule has 3 heterocycles. The Labute approximate surface area is 239 Å². The number of ether oxygens (including phenoxy) is 2. The van der Waals surface area contributed by atoms with Crippen molar-refractivity contribution in [1.82, 2.24) is 4.90 Å². The van der Waals surface area contributed by atoms with Crippen LogP contribution in [0.2, 0.25) is 0 Å². The van der Waals surface area contributed by atoms with Crippen LogP contribution in [-0.2, 0) is 23.9 Å². The van der Waals surface area contributed by atoms with Crippen LogP contribution in [0.5, 0.6) is 0 Å². The number of aryl methyl sites for hydroxylation is 2. The molecule has 8 nitrogen and oxygen atoms in total. The maximum Gasteiger partial charge on any atom is 0.312 e. The number of nitrogens with zero attached hydrogens (tertiary/aromatic N) is 2. The van der Waals surface area contributed by atoms with E-state index in [4.69, 9.17) is 9.47 Å². The summed E-state index contributed by atoms with van der Waals surface area (Å²) in [5, 5.41) is 9.39. The molecule has 0 aliphatic carbocycles. The Balaban J connectivity index is 1.74. The number of allylic oxidation sites excluding steroid dienone is 1. The molecule has 9 heteroatoms. The van der Waals surface area contributed by atoms with Gasteiger partial charge >= 0.3 is 5.97 Å². The number of amides is 2. The first-order chi connectivity index (χ1) is 18.7. The van der Waals surface area contributed by atoms with Crippen molar-refractivity contribution in [3.05, 3.63) is 54.6 Å². The second kappa shape index (κ2) is 12.4. The second-order valence-corrected chi connectivity index (χ2v) is 11.9.